The van der Waals surface area contributed by atoms with Crippen molar-refractivity contribution in [1.29, 1.82) is 0 Å². The third-order valence-corrected chi connectivity index (χ3v) is 6.57. The van der Waals surface area contributed by atoms with Gasteiger partial charge < -0.3 is 33.5 Å². The highest BCUT2D eigenvalue weighted by atomic mass is 16.7. The van der Waals surface area contributed by atoms with E-state index >= 15 is 0 Å². The van der Waals surface area contributed by atoms with Gasteiger partial charge in [-0.25, -0.2) is 0 Å². The van der Waals surface area contributed by atoms with Crippen LogP contribution in [0.2, 0.25) is 0 Å². The molecule has 0 spiro atoms. The lowest BCUT2D eigenvalue weighted by molar-refractivity contribution is -0.147. The highest BCUT2D eigenvalue weighted by Crippen LogP contribution is 2.22. The van der Waals surface area contributed by atoms with Gasteiger partial charge in [0.05, 0.1) is 46.2 Å². The fraction of sp³-hybridized carbons (Fsp3) is 0.806. The molecule has 1 N–H and O–H groups in total. The van der Waals surface area contributed by atoms with Crippen molar-refractivity contribution in [1.82, 2.24) is 0 Å². The maximum Gasteiger partial charge on any atom is 0.163 e. The Bertz CT molecular complexity index is 669. The average molecular weight is 539 g/mol. The molecule has 0 saturated carbocycles. The standard InChI is InChI=1S/C31H54O7/c1-4-5-6-7-8-9-10-11-12-16-19-33-23-29(36-20-27-17-14-13-15-18-27)24-34-21-28(32)22-35-25-30-26-37-31(2,3)38-30/h13-15,17-18,28-30,32H,4-12,16,19-26H2,1-3H3/t28-,29-,30-/m0/s1. The Morgan fingerprint density at radius 1 is 0.842 bits per heavy atom. The summed E-state index contributed by atoms with van der Waals surface area (Å²) in [7, 11) is 0. The van der Waals surface area contributed by atoms with Gasteiger partial charge in [0.15, 0.2) is 5.79 Å². The molecule has 0 unspecified atom stereocenters. The Labute approximate surface area is 231 Å². The Hall–Kier alpha value is -1.06. The van der Waals surface area contributed by atoms with Gasteiger partial charge in [0.25, 0.3) is 0 Å². The molecule has 3 atom stereocenters. The minimum Gasteiger partial charge on any atom is -0.388 e. The van der Waals surface area contributed by atoms with Crippen LogP contribution in [0.3, 0.4) is 0 Å². The van der Waals surface area contributed by atoms with Crippen molar-refractivity contribution in [3.63, 3.8) is 0 Å². The van der Waals surface area contributed by atoms with Crippen molar-refractivity contribution in [2.75, 3.05) is 46.2 Å². The van der Waals surface area contributed by atoms with Crippen molar-refractivity contribution < 1.29 is 33.5 Å². The molecule has 7 nitrogen and oxygen atoms in total. The summed E-state index contributed by atoms with van der Waals surface area (Å²) in [5.74, 6) is -0.569. The average Bonchev–Trinajstić information content (AvgIpc) is 3.26. The zero-order valence-electron chi connectivity index (χ0n) is 24.2. The maximum absolute atomic E-state index is 10.2. The Morgan fingerprint density at radius 2 is 1.47 bits per heavy atom. The Balaban J connectivity index is 1.56. The number of aliphatic hydroxyl groups is 1. The summed E-state index contributed by atoms with van der Waals surface area (Å²) >= 11 is 0. The van der Waals surface area contributed by atoms with Crippen LogP contribution in [0.5, 0.6) is 0 Å². The van der Waals surface area contributed by atoms with Crippen LogP contribution in [0.4, 0.5) is 0 Å². The van der Waals surface area contributed by atoms with Gasteiger partial charge in [0, 0.05) is 6.61 Å². The van der Waals surface area contributed by atoms with Gasteiger partial charge in [-0.15, -0.1) is 0 Å². The fourth-order valence-electron chi connectivity index (χ4n) is 4.40. The van der Waals surface area contributed by atoms with Gasteiger partial charge in [0.2, 0.25) is 0 Å². The number of ether oxygens (including phenoxy) is 6. The number of hydrogen-bond acceptors (Lipinski definition) is 7. The molecule has 220 valence electrons. The normalized spacial score (nSPS) is 18.6. The lowest BCUT2D eigenvalue weighted by Gasteiger charge is -2.20. The van der Waals surface area contributed by atoms with Gasteiger partial charge in [-0.05, 0) is 25.8 Å². The SMILES string of the molecule is CCCCCCCCCCCCOC[C@@H](COC[C@H](O)COC[C@H]1COC(C)(C)O1)OCc1ccccc1. The van der Waals surface area contributed by atoms with E-state index in [1.165, 1.54) is 57.8 Å². The van der Waals surface area contributed by atoms with Crippen LogP contribution in [0.1, 0.15) is 90.5 Å². The van der Waals surface area contributed by atoms with E-state index in [1.807, 2.05) is 44.2 Å². The molecular formula is C31H54O7. The molecule has 1 aromatic carbocycles. The van der Waals surface area contributed by atoms with Gasteiger partial charge in [-0.2, -0.15) is 0 Å². The molecule has 1 aromatic rings. The molecule has 0 aliphatic carbocycles. The summed E-state index contributed by atoms with van der Waals surface area (Å²) in [5, 5.41) is 10.2. The van der Waals surface area contributed by atoms with Crippen LogP contribution in [-0.2, 0) is 35.0 Å². The monoisotopic (exact) mass is 538 g/mol. The van der Waals surface area contributed by atoms with E-state index in [2.05, 4.69) is 6.92 Å². The van der Waals surface area contributed by atoms with Gasteiger partial charge in [-0.3, -0.25) is 0 Å². The first-order valence-corrected chi connectivity index (χ1v) is 14.9. The molecule has 2 rings (SSSR count). The van der Waals surface area contributed by atoms with Crippen LogP contribution >= 0.6 is 0 Å². The van der Waals surface area contributed by atoms with Gasteiger partial charge in [0.1, 0.15) is 18.3 Å². The van der Waals surface area contributed by atoms with Crippen LogP contribution in [-0.4, -0.2) is 75.5 Å². The lowest BCUT2D eigenvalue weighted by atomic mass is 10.1. The summed E-state index contributed by atoms with van der Waals surface area (Å²) in [6, 6.07) is 10.1. The summed E-state index contributed by atoms with van der Waals surface area (Å²) in [4.78, 5) is 0. The molecule has 0 bridgehead atoms. The number of hydrogen-bond donors (Lipinski definition) is 1. The van der Waals surface area contributed by atoms with Crippen LogP contribution in [0.25, 0.3) is 0 Å². The number of unbranched alkanes of at least 4 members (excludes halogenated alkanes) is 9. The van der Waals surface area contributed by atoms with Crippen molar-refractivity contribution in [2.45, 2.75) is 116 Å². The summed E-state index contributed by atoms with van der Waals surface area (Å²) in [6.45, 7) is 9.35. The molecule has 1 saturated heterocycles. The Morgan fingerprint density at radius 3 is 2.13 bits per heavy atom. The third-order valence-electron chi connectivity index (χ3n) is 6.57. The van der Waals surface area contributed by atoms with E-state index in [9.17, 15) is 5.11 Å². The predicted octanol–water partition coefficient (Wildman–Crippen LogP) is 6.05. The van der Waals surface area contributed by atoms with Gasteiger partial charge in [-0.1, -0.05) is 95.0 Å². The molecule has 1 heterocycles. The molecule has 7 heteroatoms. The molecule has 1 aliphatic rings. The molecule has 38 heavy (non-hydrogen) atoms. The molecule has 1 aliphatic heterocycles. The van der Waals surface area contributed by atoms with Gasteiger partial charge >= 0.3 is 0 Å². The van der Waals surface area contributed by atoms with E-state index < -0.39 is 11.9 Å². The summed E-state index contributed by atoms with van der Waals surface area (Å²) in [5.41, 5.74) is 1.11. The van der Waals surface area contributed by atoms with Crippen molar-refractivity contribution in [3.05, 3.63) is 35.9 Å². The van der Waals surface area contributed by atoms with Crippen molar-refractivity contribution in [3.8, 4) is 0 Å². The smallest absolute Gasteiger partial charge is 0.163 e. The number of rotatable bonds is 24. The topological polar surface area (TPSA) is 75.6 Å². The minimum atomic E-state index is -0.715. The zero-order chi connectivity index (χ0) is 27.3. The van der Waals surface area contributed by atoms with Crippen LogP contribution in [0.15, 0.2) is 30.3 Å². The fourth-order valence-corrected chi connectivity index (χ4v) is 4.40. The quantitative estimate of drug-likeness (QED) is 0.160. The minimum absolute atomic E-state index is 0.110. The summed E-state index contributed by atoms with van der Waals surface area (Å²) in [6.07, 6.45) is 12.1. The highest BCUT2D eigenvalue weighted by molar-refractivity contribution is 5.13. The first-order chi connectivity index (χ1) is 18.5. The second kappa shape index (κ2) is 20.8. The van der Waals surface area contributed by atoms with E-state index in [4.69, 9.17) is 28.4 Å². The third kappa shape index (κ3) is 16.8. The largest absolute Gasteiger partial charge is 0.388 e. The van der Waals surface area contributed by atoms with E-state index in [0.717, 1.165) is 18.6 Å². The first-order valence-electron chi connectivity index (χ1n) is 14.9. The molecule has 0 radical (unpaired) electrons. The van der Waals surface area contributed by atoms with Crippen molar-refractivity contribution in [2.24, 2.45) is 0 Å². The molecular weight excluding hydrogens is 484 g/mol. The first kappa shape index (κ1) is 33.1. The van der Waals surface area contributed by atoms with Crippen molar-refractivity contribution >= 4 is 0 Å². The zero-order valence-corrected chi connectivity index (χ0v) is 24.2. The van der Waals surface area contributed by atoms with E-state index in [-0.39, 0.29) is 25.4 Å². The second-order valence-electron chi connectivity index (χ2n) is 10.9. The van der Waals surface area contributed by atoms with Crippen LogP contribution in [0, 0.1) is 0 Å². The Kier molecular flexibility index (Phi) is 18.1. The maximum atomic E-state index is 10.2. The summed E-state index contributed by atoms with van der Waals surface area (Å²) < 4.78 is 34.6. The number of benzene rings is 1. The predicted molar refractivity (Wildman–Crippen MR) is 150 cm³/mol. The molecule has 0 aromatic heterocycles. The second-order valence-corrected chi connectivity index (χ2v) is 10.9. The molecule has 1 fully saturated rings. The van der Waals surface area contributed by atoms with E-state index in [0.29, 0.717) is 33.0 Å². The highest BCUT2D eigenvalue weighted by Gasteiger charge is 2.32. The van der Waals surface area contributed by atoms with Crippen LogP contribution < -0.4 is 0 Å². The lowest BCUT2D eigenvalue weighted by Crippen LogP contribution is -2.30. The number of aliphatic hydroxyl groups excluding tert-OH is 1. The molecule has 0 amide bonds. The van der Waals surface area contributed by atoms with E-state index in [1.54, 1.807) is 0 Å².